The Morgan fingerprint density at radius 1 is 1.32 bits per heavy atom. The van der Waals surface area contributed by atoms with E-state index in [0.29, 0.717) is 6.79 Å². The molecule has 1 fully saturated rings. The second-order valence-corrected chi connectivity index (χ2v) is 5.51. The van der Waals surface area contributed by atoms with Gasteiger partial charge in [-0.05, 0) is 57.1 Å². The fourth-order valence-electron chi connectivity index (χ4n) is 2.81. The molecule has 1 N–H and O–H groups in total. The maximum Gasteiger partial charge on any atom is 0.231 e. The second kappa shape index (κ2) is 5.80. The second-order valence-electron chi connectivity index (χ2n) is 5.51. The van der Waals surface area contributed by atoms with Crippen LogP contribution >= 0.6 is 0 Å². The number of fused-ring (bicyclic) bond motifs is 1. The van der Waals surface area contributed by atoms with Gasteiger partial charge in [-0.3, -0.25) is 0 Å². The van der Waals surface area contributed by atoms with Crippen molar-refractivity contribution < 1.29 is 9.47 Å². The Kier molecular flexibility index (Phi) is 3.89. The Hall–Kier alpha value is -1.26. The fraction of sp³-hybridized carbons (Fsp3) is 0.600. The molecule has 4 heteroatoms. The molecule has 1 saturated heterocycles. The fourth-order valence-corrected chi connectivity index (χ4v) is 2.81. The van der Waals surface area contributed by atoms with Gasteiger partial charge in [0, 0.05) is 12.6 Å². The molecule has 1 atom stereocenters. The van der Waals surface area contributed by atoms with E-state index in [2.05, 4.69) is 29.4 Å². The van der Waals surface area contributed by atoms with Crippen LogP contribution in [0.1, 0.15) is 24.8 Å². The van der Waals surface area contributed by atoms with E-state index in [9.17, 15) is 0 Å². The molecule has 1 aromatic carbocycles. The van der Waals surface area contributed by atoms with Gasteiger partial charge in [0.2, 0.25) is 6.79 Å². The summed E-state index contributed by atoms with van der Waals surface area (Å²) in [6.45, 7) is 3.63. The van der Waals surface area contributed by atoms with Crippen molar-refractivity contribution in [3.63, 3.8) is 0 Å². The predicted octanol–water partition coefficient (Wildman–Crippen LogP) is 1.99. The average molecular weight is 262 g/mol. The van der Waals surface area contributed by atoms with Gasteiger partial charge in [-0.15, -0.1) is 0 Å². The molecule has 3 rings (SSSR count). The highest BCUT2D eigenvalue weighted by Gasteiger charge is 2.16. The molecule has 2 aliphatic rings. The van der Waals surface area contributed by atoms with Crippen molar-refractivity contribution in [2.24, 2.45) is 0 Å². The summed E-state index contributed by atoms with van der Waals surface area (Å²) in [6, 6.07) is 6.94. The first kappa shape index (κ1) is 12.8. The molecule has 0 amide bonds. The van der Waals surface area contributed by atoms with Crippen LogP contribution in [0.4, 0.5) is 0 Å². The highest BCUT2D eigenvalue weighted by atomic mass is 16.7. The Balaban J connectivity index is 1.49. The van der Waals surface area contributed by atoms with E-state index in [1.807, 2.05) is 6.07 Å². The molecule has 0 spiro atoms. The van der Waals surface area contributed by atoms with Crippen LogP contribution in [-0.4, -0.2) is 37.9 Å². The van der Waals surface area contributed by atoms with E-state index in [-0.39, 0.29) is 0 Å². The molecule has 2 aliphatic heterocycles. The normalized spacial score (nSPS) is 21.3. The quantitative estimate of drug-likeness (QED) is 0.880. The third kappa shape index (κ3) is 3.19. The lowest BCUT2D eigenvalue weighted by Crippen LogP contribution is -2.28. The summed E-state index contributed by atoms with van der Waals surface area (Å²) in [4.78, 5) is 2.37. The molecule has 0 aromatic heterocycles. The van der Waals surface area contributed by atoms with Crippen molar-refractivity contribution in [1.29, 1.82) is 0 Å². The van der Waals surface area contributed by atoms with Crippen LogP contribution in [0.15, 0.2) is 18.2 Å². The van der Waals surface area contributed by atoms with Crippen LogP contribution in [0.25, 0.3) is 0 Å². The largest absolute Gasteiger partial charge is 0.454 e. The molecule has 0 radical (unpaired) electrons. The number of rotatable bonds is 5. The molecule has 1 unspecified atom stereocenters. The smallest absolute Gasteiger partial charge is 0.231 e. The summed E-state index contributed by atoms with van der Waals surface area (Å²) in [7, 11) is 2.18. The molecular formula is C15H22N2O2. The number of nitrogens with one attached hydrogen (secondary N) is 1. The number of ether oxygens (including phenoxy) is 2. The van der Waals surface area contributed by atoms with Gasteiger partial charge < -0.3 is 19.7 Å². The van der Waals surface area contributed by atoms with E-state index < -0.39 is 0 Å². The molecule has 104 valence electrons. The van der Waals surface area contributed by atoms with Gasteiger partial charge >= 0.3 is 0 Å². The van der Waals surface area contributed by atoms with Gasteiger partial charge in [0.15, 0.2) is 11.5 Å². The topological polar surface area (TPSA) is 33.7 Å². The van der Waals surface area contributed by atoms with Crippen molar-refractivity contribution in [1.82, 2.24) is 10.2 Å². The Morgan fingerprint density at radius 2 is 2.21 bits per heavy atom. The Labute approximate surface area is 114 Å². The minimum absolute atomic E-state index is 0.349. The summed E-state index contributed by atoms with van der Waals surface area (Å²) in [5.41, 5.74) is 1.28. The van der Waals surface area contributed by atoms with E-state index in [1.165, 1.54) is 31.4 Å². The zero-order valence-electron chi connectivity index (χ0n) is 11.5. The first-order valence-electron chi connectivity index (χ1n) is 7.12. The maximum atomic E-state index is 5.41. The SMILES string of the molecule is CN(CCC1CCCN1)Cc1ccc2c(c1)OCO2. The summed E-state index contributed by atoms with van der Waals surface area (Å²) >= 11 is 0. The van der Waals surface area contributed by atoms with Gasteiger partial charge in [-0.25, -0.2) is 0 Å². The molecule has 4 nitrogen and oxygen atoms in total. The van der Waals surface area contributed by atoms with Crippen LogP contribution in [0.5, 0.6) is 11.5 Å². The highest BCUT2D eigenvalue weighted by molar-refractivity contribution is 5.44. The van der Waals surface area contributed by atoms with Crippen molar-refractivity contribution in [2.75, 3.05) is 26.9 Å². The third-order valence-corrected chi connectivity index (χ3v) is 3.91. The number of hydrogen-bond acceptors (Lipinski definition) is 4. The van der Waals surface area contributed by atoms with Crippen LogP contribution in [0.3, 0.4) is 0 Å². The molecule has 1 aromatic rings. The van der Waals surface area contributed by atoms with E-state index in [1.54, 1.807) is 0 Å². The minimum atomic E-state index is 0.349. The van der Waals surface area contributed by atoms with E-state index >= 15 is 0 Å². The number of hydrogen-bond donors (Lipinski definition) is 1. The molecule has 0 saturated carbocycles. The first-order chi connectivity index (χ1) is 9.31. The lowest BCUT2D eigenvalue weighted by atomic mass is 10.1. The van der Waals surface area contributed by atoms with Crippen LogP contribution in [-0.2, 0) is 6.54 Å². The van der Waals surface area contributed by atoms with Gasteiger partial charge in [0.05, 0.1) is 0 Å². The van der Waals surface area contributed by atoms with Gasteiger partial charge in [0.25, 0.3) is 0 Å². The molecule has 0 aliphatic carbocycles. The van der Waals surface area contributed by atoms with Gasteiger partial charge in [0.1, 0.15) is 0 Å². The van der Waals surface area contributed by atoms with Crippen molar-refractivity contribution >= 4 is 0 Å². The van der Waals surface area contributed by atoms with Crippen molar-refractivity contribution in [2.45, 2.75) is 31.8 Å². The predicted molar refractivity (Wildman–Crippen MR) is 74.5 cm³/mol. The summed E-state index contributed by atoms with van der Waals surface area (Å²) in [5, 5.41) is 3.55. The van der Waals surface area contributed by atoms with Crippen LogP contribution in [0, 0.1) is 0 Å². The summed E-state index contributed by atoms with van der Waals surface area (Å²) < 4.78 is 10.7. The third-order valence-electron chi connectivity index (χ3n) is 3.91. The van der Waals surface area contributed by atoms with Crippen LogP contribution in [0.2, 0.25) is 0 Å². The summed E-state index contributed by atoms with van der Waals surface area (Å²) in [5.74, 6) is 1.74. The monoisotopic (exact) mass is 262 g/mol. The maximum absolute atomic E-state index is 5.41. The Morgan fingerprint density at radius 3 is 3.05 bits per heavy atom. The lowest BCUT2D eigenvalue weighted by Gasteiger charge is -2.19. The van der Waals surface area contributed by atoms with E-state index in [4.69, 9.17) is 9.47 Å². The average Bonchev–Trinajstić information content (AvgIpc) is 3.07. The van der Waals surface area contributed by atoms with Crippen molar-refractivity contribution in [3.05, 3.63) is 23.8 Å². The molecular weight excluding hydrogens is 240 g/mol. The van der Waals surface area contributed by atoms with Crippen LogP contribution < -0.4 is 14.8 Å². The summed E-state index contributed by atoms with van der Waals surface area (Å²) in [6.07, 6.45) is 3.90. The zero-order valence-corrected chi connectivity index (χ0v) is 11.5. The molecule has 2 heterocycles. The van der Waals surface area contributed by atoms with E-state index in [0.717, 1.165) is 30.6 Å². The minimum Gasteiger partial charge on any atom is -0.454 e. The van der Waals surface area contributed by atoms with Crippen molar-refractivity contribution in [3.8, 4) is 11.5 Å². The standard InChI is InChI=1S/C15H22N2O2/c1-17(8-6-13-3-2-7-16-13)10-12-4-5-14-15(9-12)19-11-18-14/h4-5,9,13,16H,2-3,6-8,10-11H2,1H3. The highest BCUT2D eigenvalue weighted by Crippen LogP contribution is 2.32. The number of benzene rings is 1. The van der Waals surface area contributed by atoms with Gasteiger partial charge in [-0.1, -0.05) is 6.07 Å². The first-order valence-corrected chi connectivity index (χ1v) is 7.12. The van der Waals surface area contributed by atoms with Gasteiger partial charge in [-0.2, -0.15) is 0 Å². The zero-order chi connectivity index (χ0) is 13.1. The lowest BCUT2D eigenvalue weighted by molar-refractivity contribution is 0.174. The number of nitrogens with zero attached hydrogens (tertiary/aromatic N) is 1. The molecule has 19 heavy (non-hydrogen) atoms. The Bertz CT molecular complexity index is 430. The molecule has 0 bridgehead atoms.